The molecule has 0 aliphatic heterocycles. The molecule has 4 nitrogen and oxygen atoms in total. The monoisotopic (exact) mass is 297 g/mol. The van der Waals surface area contributed by atoms with Crippen molar-refractivity contribution < 1.29 is 5.21 Å². The molecule has 0 radical (unpaired) electrons. The van der Waals surface area contributed by atoms with Gasteiger partial charge in [-0.3, -0.25) is 0 Å². The van der Waals surface area contributed by atoms with E-state index in [1.807, 2.05) is 25.2 Å². The average molecular weight is 297 g/mol. The van der Waals surface area contributed by atoms with Crippen LogP contribution in [-0.2, 0) is 6.42 Å². The molecule has 0 saturated heterocycles. The summed E-state index contributed by atoms with van der Waals surface area (Å²) in [5, 5.41) is 17.5. The van der Waals surface area contributed by atoms with E-state index >= 15 is 0 Å². The predicted molar refractivity (Wildman–Crippen MR) is 86.5 cm³/mol. The molecule has 0 aliphatic rings. The van der Waals surface area contributed by atoms with Gasteiger partial charge in [0.1, 0.15) is 5.84 Å². The first kappa shape index (κ1) is 17.0. The third kappa shape index (κ3) is 5.92. The Morgan fingerprint density at radius 2 is 2.25 bits per heavy atom. The third-order valence-corrected chi connectivity index (χ3v) is 4.51. The fourth-order valence-electron chi connectivity index (χ4n) is 2.11. The predicted octanol–water partition coefficient (Wildman–Crippen LogP) is 3.21. The molecule has 0 fully saturated rings. The van der Waals surface area contributed by atoms with Crippen LogP contribution in [0.25, 0.3) is 0 Å². The van der Waals surface area contributed by atoms with Crippen molar-refractivity contribution in [3.63, 3.8) is 0 Å². The van der Waals surface area contributed by atoms with Crippen molar-refractivity contribution in [1.29, 1.82) is 0 Å². The fourth-order valence-corrected chi connectivity index (χ4v) is 2.94. The first-order valence-electron chi connectivity index (χ1n) is 7.19. The summed E-state index contributed by atoms with van der Waals surface area (Å²) in [5.41, 5.74) is 5.45. The Morgan fingerprint density at radius 3 is 2.85 bits per heavy atom. The molecule has 1 unspecified atom stereocenters. The molecule has 0 saturated carbocycles. The van der Waals surface area contributed by atoms with Gasteiger partial charge >= 0.3 is 0 Å². The zero-order valence-corrected chi connectivity index (χ0v) is 13.5. The van der Waals surface area contributed by atoms with Gasteiger partial charge in [-0.1, -0.05) is 31.5 Å². The molecule has 0 spiro atoms. The number of unbranched alkanes of at least 4 members (excludes halogenated alkanes) is 1. The topological polar surface area (TPSA) is 70.6 Å². The Bertz CT molecular complexity index is 401. The van der Waals surface area contributed by atoms with Crippen molar-refractivity contribution >= 4 is 17.2 Å². The van der Waals surface area contributed by atoms with E-state index in [0.29, 0.717) is 11.9 Å². The van der Waals surface area contributed by atoms with Crippen LogP contribution in [0.15, 0.2) is 22.7 Å². The quantitative estimate of drug-likeness (QED) is 0.215. The molecule has 5 heteroatoms. The van der Waals surface area contributed by atoms with Crippen LogP contribution in [0, 0.1) is 5.41 Å². The Hall–Kier alpha value is -1.07. The van der Waals surface area contributed by atoms with Gasteiger partial charge in [0.15, 0.2) is 0 Å². The molecule has 114 valence electrons. The molecule has 1 heterocycles. The van der Waals surface area contributed by atoms with E-state index in [1.54, 1.807) is 0 Å². The summed E-state index contributed by atoms with van der Waals surface area (Å²) in [6.07, 6.45) is 4.20. The SMILES string of the molecule is CC(Cc1cccs1)NCCCCC(C)(C)/C(N)=N/O. The second-order valence-electron chi connectivity index (χ2n) is 5.96. The van der Waals surface area contributed by atoms with Crippen LogP contribution < -0.4 is 11.1 Å². The highest BCUT2D eigenvalue weighted by atomic mass is 32.1. The van der Waals surface area contributed by atoms with Crippen molar-refractivity contribution in [2.45, 2.75) is 52.5 Å². The maximum Gasteiger partial charge on any atom is 0.144 e. The average Bonchev–Trinajstić information content (AvgIpc) is 2.89. The second-order valence-corrected chi connectivity index (χ2v) is 7.00. The number of oxime groups is 1. The molecule has 0 aliphatic carbocycles. The number of nitrogens with two attached hydrogens (primary N) is 1. The second kappa shape index (κ2) is 8.27. The van der Waals surface area contributed by atoms with Gasteiger partial charge in [-0.15, -0.1) is 11.3 Å². The zero-order chi connectivity index (χ0) is 15.0. The molecule has 1 rings (SSSR count). The molecule has 4 N–H and O–H groups in total. The highest BCUT2D eigenvalue weighted by molar-refractivity contribution is 7.09. The van der Waals surface area contributed by atoms with Crippen LogP contribution in [0.5, 0.6) is 0 Å². The Balaban J connectivity index is 2.13. The molecule has 1 atom stereocenters. The molecule has 0 bridgehead atoms. The Labute approximate surface area is 126 Å². The van der Waals surface area contributed by atoms with Crippen LogP contribution in [0.2, 0.25) is 0 Å². The van der Waals surface area contributed by atoms with Gasteiger partial charge in [0, 0.05) is 16.3 Å². The number of nitrogens with zero attached hydrogens (tertiary/aromatic N) is 1. The molecular formula is C15H27N3OS. The lowest BCUT2D eigenvalue weighted by atomic mass is 9.86. The molecule has 1 aromatic rings. The van der Waals surface area contributed by atoms with Crippen molar-refractivity contribution in [3.8, 4) is 0 Å². The van der Waals surface area contributed by atoms with Crippen LogP contribution in [0.4, 0.5) is 0 Å². The standard InChI is InChI=1S/C15H27N3OS/c1-12(11-13-7-6-10-20-13)17-9-5-4-8-15(2,3)14(16)18-19/h6-7,10,12,17,19H,4-5,8-9,11H2,1-3H3,(H2,16,18). The van der Waals surface area contributed by atoms with E-state index in [9.17, 15) is 0 Å². The van der Waals surface area contributed by atoms with Gasteiger partial charge in [-0.05, 0) is 44.2 Å². The number of nitrogens with one attached hydrogen (secondary N) is 1. The van der Waals surface area contributed by atoms with E-state index in [-0.39, 0.29) is 5.41 Å². The molecule has 0 aromatic carbocycles. The van der Waals surface area contributed by atoms with E-state index in [2.05, 4.69) is 34.9 Å². The smallest absolute Gasteiger partial charge is 0.144 e. The van der Waals surface area contributed by atoms with Gasteiger partial charge in [0.2, 0.25) is 0 Å². The summed E-state index contributed by atoms with van der Waals surface area (Å²) in [6, 6.07) is 4.79. The maximum absolute atomic E-state index is 8.72. The molecule has 0 amide bonds. The maximum atomic E-state index is 8.72. The minimum absolute atomic E-state index is 0.225. The summed E-state index contributed by atoms with van der Waals surface area (Å²) < 4.78 is 0. The van der Waals surface area contributed by atoms with Gasteiger partial charge in [-0.2, -0.15) is 0 Å². The fraction of sp³-hybridized carbons (Fsp3) is 0.667. The highest BCUT2D eigenvalue weighted by Crippen LogP contribution is 2.23. The normalized spacial score (nSPS) is 14.4. The van der Waals surface area contributed by atoms with Crippen molar-refractivity contribution in [3.05, 3.63) is 22.4 Å². The minimum Gasteiger partial charge on any atom is -0.409 e. The number of thiophene rings is 1. The van der Waals surface area contributed by atoms with Gasteiger partial charge < -0.3 is 16.3 Å². The molecule has 20 heavy (non-hydrogen) atoms. The molecular weight excluding hydrogens is 270 g/mol. The number of amidine groups is 1. The van der Waals surface area contributed by atoms with Crippen molar-refractivity contribution in [2.75, 3.05) is 6.54 Å². The third-order valence-electron chi connectivity index (χ3n) is 3.61. The van der Waals surface area contributed by atoms with E-state index in [0.717, 1.165) is 32.2 Å². The summed E-state index contributed by atoms with van der Waals surface area (Å²) in [6.45, 7) is 7.25. The summed E-state index contributed by atoms with van der Waals surface area (Å²) in [4.78, 5) is 1.43. The Morgan fingerprint density at radius 1 is 1.50 bits per heavy atom. The number of hydrogen-bond acceptors (Lipinski definition) is 4. The van der Waals surface area contributed by atoms with Crippen molar-refractivity contribution in [1.82, 2.24) is 5.32 Å². The first-order valence-corrected chi connectivity index (χ1v) is 8.07. The summed E-state index contributed by atoms with van der Waals surface area (Å²) in [7, 11) is 0. The van der Waals surface area contributed by atoms with E-state index in [4.69, 9.17) is 10.9 Å². The van der Waals surface area contributed by atoms with E-state index < -0.39 is 0 Å². The van der Waals surface area contributed by atoms with Crippen molar-refractivity contribution in [2.24, 2.45) is 16.3 Å². The lowest BCUT2D eigenvalue weighted by Gasteiger charge is -2.22. The Kier molecular flexibility index (Phi) is 7.02. The lowest BCUT2D eigenvalue weighted by molar-refractivity contribution is 0.304. The van der Waals surface area contributed by atoms with Crippen LogP contribution in [0.1, 0.15) is 44.9 Å². The number of hydrogen-bond donors (Lipinski definition) is 3. The zero-order valence-electron chi connectivity index (χ0n) is 12.7. The first-order chi connectivity index (χ1) is 9.45. The van der Waals surface area contributed by atoms with Gasteiger partial charge in [-0.25, -0.2) is 0 Å². The van der Waals surface area contributed by atoms with Crippen LogP contribution in [0.3, 0.4) is 0 Å². The number of rotatable bonds is 9. The summed E-state index contributed by atoms with van der Waals surface area (Å²) in [5.74, 6) is 0.316. The minimum atomic E-state index is -0.225. The molecule has 1 aromatic heterocycles. The lowest BCUT2D eigenvalue weighted by Crippen LogP contribution is -2.32. The highest BCUT2D eigenvalue weighted by Gasteiger charge is 2.22. The van der Waals surface area contributed by atoms with E-state index in [1.165, 1.54) is 4.88 Å². The van der Waals surface area contributed by atoms with Crippen LogP contribution in [-0.4, -0.2) is 23.6 Å². The largest absolute Gasteiger partial charge is 0.409 e. The summed E-state index contributed by atoms with van der Waals surface area (Å²) >= 11 is 1.81. The van der Waals surface area contributed by atoms with Gasteiger partial charge in [0.05, 0.1) is 0 Å². The van der Waals surface area contributed by atoms with Gasteiger partial charge in [0.25, 0.3) is 0 Å². The van der Waals surface area contributed by atoms with Crippen LogP contribution >= 0.6 is 11.3 Å².